The summed E-state index contributed by atoms with van der Waals surface area (Å²) < 4.78 is 0. The van der Waals surface area contributed by atoms with Crippen LogP contribution in [-0.2, 0) is 16.2 Å². The van der Waals surface area contributed by atoms with Gasteiger partial charge in [-0.15, -0.1) is 0 Å². The van der Waals surface area contributed by atoms with E-state index < -0.39 is 5.41 Å². The van der Waals surface area contributed by atoms with E-state index in [1.165, 1.54) is 210 Å². The molecule has 0 heterocycles. The molecule has 12 aromatic rings. The summed E-state index contributed by atoms with van der Waals surface area (Å²) in [5.41, 5.74) is 40.8. The number of anilines is 6. The average molecular weight is 1290 g/mol. The Kier molecular flexibility index (Phi) is 11.4. The van der Waals surface area contributed by atoms with Gasteiger partial charge in [-0.1, -0.05) is 222 Å². The Hall–Kier alpha value is -9.76. The summed E-state index contributed by atoms with van der Waals surface area (Å²) in [6.45, 7) is 9.75. The van der Waals surface area contributed by atoms with Crippen LogP contribution in [-0.4, -0.2) is 0 Å². The van der Waals surface area contributed by atoms with Crippen molar-refractivity contribution in [1.82, 2.24) is 0 Å². The van der Waals surface area contributed by atoms with Crippen LogP contribution in [0.3, 0.4) is 0 Å². The van der Waals surface area contributed by atoms with E-state index >= 15 is 0 Å². The van der Waals surface area contributed by atoms with Crippen molar-refractivity contribution in [3.63, 3.8) is 0 Å². The van der Waals surface area contributed by atoms with E-state index in [2.05, 4.69) is 292 Å². The van der Waals surface area contributed by atoms with Gasteiger partial charge >= 0.3 is 0 Å². The Morgan fingerprint density at radius 3 is 1.05 bits per heavy atom. The highest BCUT2D eigenvalue weighted by Crippen LogP contribution is 2.77. The highest BCUT2D eigenvalue weighted by molar-refractivity contribution is 6.01. The molecule has 0 aromatic heterocycles. The molecule has 0 saturated heterocycles. The van der Waals surface area contributed by atoms with Gasteiger partial charge in [0.1, 0.15) is 0 Å². The zero-order chi connectivity index (χ0) is 65.9. The average Bonchev–Trinajstić information content (AvgIpc) is 1.49. The molecule has 0 radical (unpaired) electrons. The number of hydrogen-bond donors (Lipinski definition) is 0. The maximum Gasteiger partial charge on any atom is 0.0727 e. The second-order valence-corrected chi connectivity index (χ2v) is 33.9. The van der Waals surface area contributed by atoms with Gasteiger partial charge in [-0.2, -0.15) is 0 Å². The van der Waals surface area contributed by atoms with Gasteiger partial charge in [0, 0.05) is 44.7 Å². The minimum atomic E-state index is -0.656. The molecule has 2 heteroatoms. The fourth-order valence-corrected chi connectivity index (χ4v) is 24.6. The van der Waals surface area contributed by atoms with E-state index in [4.69, 9.17) is 0 Å². The van der Waals surface area contributed by atoms with E-state index in [9.17, 15) is 0 Å². The monoisotopic (exact) mass is 1290 g/mol. The van der Waals surface area contributed by atoms with Crippen LogP contribution in [0.25, 0.3) is 66.8 Å². The molecule has 0 N–H and O–H groups in total. The molecular weight excluding hydrogens is 1210 g/mol. The molecule has 12 aliphatic carbocycles. The zero-order valence-electron chi connectivity index (χ0n) is 57.8. The summed E-state index contributed by atoms with van der Waals surface area (Å²) in [5.74, 6) is 5.89. The van der Waals surface area contributed by atoms with Gasteiger partial charge in [0.05, 0.1) is 16.8 Å². The third kappa shape index (κ3) is 7.45. The van der Waals surface area contributed by atoms with Crippen molar-refractivity contribution in [2.45, 2.75) is 132 Å². The lowest BCUT2D eigenvalue weighted by Crippen LogP contribution is -2.41. The Morgan fingerprint density at radius 2 is 0.600 bits per heavy atom. The fourth-order valence-electron chi connectivity index (χ4n) is 24.6. The minimum absolute atomic E-state index is 0.185. The van der Waals surface area contributed by atoms with Crippen LogP contribution in [0, 0.1) is 29.1 Å². The van der Waals surface area contributed by atoms with Crippen molar-refractivity contribution in [3.05, 3.63) is 322 Å². The van der Waals surface area contributed by atoms with Crippen molar-refractivity contribution < 1.29 is 0 Å². The molecule has 0 amide bonds. The highest BCUT2D eigenvalue weighted by atomic mass is 15.2. The summed E-state index contributed by atoms with van der Waals surface area (Å²) in [7, 11) is 0. The van der Waals surface area contributed by atoms with E-state index in [1.54, 1.807) is 22.3 Å². The molecule has 7 atom stereocenters. The van der Waals surface area contributed by atoms with E-state index in [-0.39, 0.29) is 10.8 Å². The first-order chi connectivity index (χ1) is 49.0. The molecular formula is C98H82N2. The second-order valence-electron chi connectivity index (χ2n) is 33.9. The second kappa shape index (κ2) is 20.0. The van der Waals surface area contributed by atoms with Gasteiger partial charge in [0.25, 0.3) is 0 Å². The van der Waals surface area contributed by atoms with Crippen LogP contribution in [0.4, 0.5) is 34.1 Å². The Morgan fingerprint density at radius 1 is 0.260 bits per heavy atom. The van der Waals surface area contributed by atoms with Crippen LogP contribution >= 0.6 is 0 Å². The molecule has 24 rings (SSSR count). The van der Waals surface area contributed by atoms with Crippen molar-refractivity contribution >= 4 is 34.1 Å². The molecule has 12 aromatic carbocycles. The molecule has 7 bridgehead atoms. The number of hydrogen-bond acceptors (Lipinski definition) is 2. The standard InChI is InChI=1S/C98H82N2/c1-95(2)85-27-15-11-25-73(85)75-35-31-67(47-87(75)95)99(93-29-17-13-23-71(93)59-19-7-5-8-20-59)69-33-37-77-78-38-34-70(100(94-30-18-14-24-72(94)60-21-9-6-10-22-60)68-32-36-76-74-26-12-16-28-86(74)96(3,4)88(76)48-68)50-90(78)98(89(77)49-69)91-53-81-62-42-57-39-58(43-62)41-61(40-57)79(81)51-83(91)84-52-80-63-44-65-46-66-45-64(56-97(65,66)55-63)82(80)54-92(84)98/h5-38,47-54,57-58,61-66H,39-46,55-56H2,1-4H3. The highest BCUT2D eigenvalue weighted by Gasteiger charge is 2.66. The largest absolute Gasteiger partial charge is 0.310 e. The summed E-state index contributed by atoms with van der Waals surface area (Å²) in [6, 6.07) is 101. The van der Waals surface area contributed by atoms with Crippen molar-refractivity contribution in [3.8, 4) is 66.8 Å². The Balaban J connectivity index is 0.816. The smallest absolute Gasteiger partial charge is 0.0727 e. The summed E-state index contributed by atoms with van der Waals surface area (Å²) in [5, 5.41) is 0. The van der Waals surface area contributed by atoms with Crippen LogP contribution < -0.4 is 9.80 Å². The van der Waals surface area contributed by atoms with Crippen LogP contribution in [0.2, 0.25) is 0 Å². The number of rotatable bonds is 8. The molecule has 7 unspecified atom stereocenters. The van der Waals surface area contributed by atoms with E-state index in [0.29, 0.717) is 29.1 Å². The van der Waals surface area contributed by atoms with Gasteiger partial charge in [-0.05, 0) is 300 Å². The summed E-state index contributed by atoms with van der Waals surface area (Å²) in [4.78, 5) is 5.31. The maximum atomic E-state index is 2.93. The molecule has 2 spiro atoms. The van der Waals surface area contributed by atoms with Gasteiger partial charge in [-0.25, -0.2) is 0 Å². The molecule has 484 valence electrons. The van der Waals surface area contributed by atoms with Gasteiger partial charge in [0.15, 0.2) is 0 Å². The SMILES string of the molecule is CC1(C)c2ccccc2-c2ccc(N(c3ccc4c(c3)C3(c5cc(N(c6ccc7c(c6)C(C)(C)c6ccccc6-7)c6ccccc6-c6ccccc6)ccc5-4)c4cc5c(cc4-c4cc6c(cc43)C3CC4CC7CC6CC74C3)C3CC4CC(C3)CC5C4)c3ccccc3-c3ccccc3)cc21. The van der Waals surface area contributed by atoms with Crippen molar-refractivity contribution in [2.75, 3.05) is 9.80 Å². The number of benzene rings is 12. The van der Waals surface area contributed by atoms with E-state index in [1.807, 2.05) is 0 Å². The van der Waals surface area contributed by atoms with Gasteiger partial charge in [-0.3, -0.25) is 0 Å². The summed E-state index contributed by atoms with van der Waals surface area (Å²) >= 11 is 0. The lowest BCUT2D eigenvalue weighted by molar-refractivity contribution is 0.00322. The quantitative estimate of drug-likeness (QED) is 0.150. The predicted octanol–water partition coefficient (Wildman–Crippen LogP) is 25.7. The minimum Gasteiger partial charge on any atom is -0.310 e. The molecule has 100 heavy (non-hydrogen) atoms. The molecule has 0 aliphatic heterocycles. The first kappa shape index (κ1) is 57.0. The molecule has 5 fully saturated rings. The predicted molar refractivity (Wildman–Crippen MR) is 412 cm³/mol. The summed E-state index contributed by atoms with van der Waals surface area (Å²) in [6.07, 6.45) is 13.8. The Bertz CT molecular complexity index is 5290. The van der Waals surface area contributed by atoms with Crippen molar-refractivity contribution in [1.29, 1.82) is 0 Å². The normalized spacial score (nSPS) is 25.1. The van der Waals surface area contributed by atoms with Gasteiger partial charge in [0.2, 0.25) is 0 Å². The first-order valence-corrected chi connectivity index (χ1v) is 38.0. The Labute approximate surface area is 589 Å². The van der Waals surface area contributed by atoms with Crippen LogP contribution in [0.1, 0.15) is 182 Å². The van der Waals surface area contributed by atoms with E-state index in [0.717, 1.165) is 23.7 Å². The topological polar surface area (TPSA) is 6.48 Å². The fraction of sp³-hybridized carbons (Fsp3) is 0.265. The van der Waals surface area contributed by atoms with Crippen LogP contribution in [0.5, 0.6) is 0 Å². The van der Waals surface area contributed by atoms with Crippen LogP contribution in [0.15, 0.2) is 255 Å². The number of fused-ring (bicyclic) bond motifs is 21. The van der Waals surface area contributed by atoms with Crippen molar-refractivity contribution in [2.24, 2.45) is 29.1 Å². The lowest BCUT2D eigenvalue weighted by atomic mass is 9.56. The third-order valence-corrected chi connectivity index (χ3v) is 28.8. The number of para-hydroxylation sites is 2. The number of nitrogens with zero attached hydrogens (tertiary/aromatic N) is 2. The first-order valence-electron chi connectivity index (χ1n) is 38.0. The molecule has 12 aliphatic rings. The lowest BCUT2D eigenvalue weighted by Gasteiger charge is -2.48. The zero-order valence-corrected chi connectivity index (χ0v) is 57.8. The third-order valence-electron chi connectivity index (χ3n) is 28.8. The van der Waals surface area contributed by atoms with Gasteiger partial charge < -0.3 is 9.80 Å². The molecule has 5 saturated carbocycles. The maximum absolute atomic E-state index is 2.93. The molecule has 2 nitrogen and oxygen atoms in total.